The van der Waals surface area contributed by atoms with Crippen LogP contribution in [0.5, 0.6) is 0 Å². The predicted molar refractivity (Wildman–Crippen MR) is 42.6 cm³/mol. The average Bonchev–Trinajstić information content (AvgIpc) is 2.48. The standard InChI is InChI=1S/C6H10N4O2/c7-3-1-2-5-6(10(11)12)4-8-9-5/h4H,1-3,7H2,(H,8,9). The lowest BCUT2D eigenvalue weighted by Crippen LogP contribution is -2.02. The van der Waals surface area contributed by atoms with Gasteiger partial charge < -0.3 is 5.73 Å². The molecule has 0 unspecified atom stereocenters. The monoisotopic (exact) mass is 170 g/mol. The molecule has 3 N–H and O–H groups in total. The predicted octanol–water partition coefficient (Wildman–Crippen LogP) is 0.209. The molecule has 6 heteroatoms. The van der Waals surface area contributed by atoms with E-state index in [1.165, 1.54) is 6.20 Å². The fourth-order valence-corrected chi connectivity index (χ4v) is 0.927. The lowest BCUT2D eigenvalue weighted by Gasteiger charge is -1.93. The molecular formula is C6H10N4O2. The summed E-state index contributed by atoms with van der Waals surface area (Å²) >= 11 is 0. The highest BCUT2D eigenvalue weighted by Crippen LogP contribution is 2.15. The van der Waals surface area contributed by atoms with Gasteiger partial charge in [0.25, 0.3) is 0 Å². The first kappa shape index (κ1) is 8.66. The minimum Gasteiger partial charge on any atom is -0.330 e. The maximum absolute atomic E-state index is 10.4. The quantitative estimate of drug-likeness (QED) is 0.498. The molecule has 0 amide bonds. The molecule has 0 aliphatic rings. The first-order valence-corrected chi connectivity index (χ1v) is 3.62. The SMILES string of the molecule is NCCCc1[nH]ncc1[N+](=O)[O-]. The van der Waals surface area contributed by atoms with Crippen LogP contribution in [-0.4, -0.2) is 21.7 Å². The summed E-state index contributed by atoms with van der Waals surface area (Å²) in [7, 11) is 0. The molecule has 6 nitrogen and oxygen atoms in total. The molecule has 66 valence electrons. The van der Waals surface area contributed by atoms with E-state index in [1.807, 2.05) is 0 Å². The van der Waals surface area contributed by atoms with Gasteiger partial charge in [0, 0.05) is 0 Å². The van der Waals surface area contributed by atoms with Crippen LogP contribution in [0.15, 0.2) is 6.20 Å². The van der Waals surface area contributed by atoms with Crippen molar-refractivity contribution in [3.8, 4) is 0 Å². The zero-order chi connectivity index (χ0) is 8.97. The molecule has 0 fully saturated rings. The number of hydrogen-bond acceptors (Lipinski definition) is 4. The first-order valence-electron chi connectivity index (χ1n) is 3.62. The van der Waals surface area contributed by atoms with Crippen LogP contribution < -0.4 is 5.73 Å². The van der Waals surface area contributed by atoms with Gasteiger partial charge in [-0.3, -0.25) is 15.2 Å². The topological polar surface area (TPSA) is 97.8 Å². The Labute approximate surface area is 68.9 Å². The van der Waals surface area contributed by atoms with Gasteiger partial charge in [0.05, 0.1) is 4.92 Å². The number of nitrogens with zero attached hydrogens (tertiary/aromatic N) is 2. The van der Waals surface area contributed by atoms with Crippen molar-refractivity contribution < 1.29 is 4.92 Å². The van der Waals surface area contributed by atoms with Gasteiger partial charge in [-0.25, -0.2) is 0 Å². The van der Waals surface area contributed by atoms with E-state index >= 15 is 0 Å². The molecule has 0 aromatic carbocycles. The van der Waals surface area contributed by atoms with Crippen molar-refractivity contribution in [1.29, 1.82) is 0 Å². The first-order chi connectivity index (χ1) is 5.75. The number of H-pyrrole nitrogens is 1. The maximum atomic E-state index is 10.4. The summed E-state index contributed by atoms with van der Waals surface area (Å²) in [6.45, 7) is 0.524. The van der Waals surface area contributed by atoms with Crippen molar-refractivity contribution in [2.24, 2.45) is 5.73 Å². The molecule has 0 saturated heterocycles. The van der Waals surface area contributed by atoms with Crippen LogP contribution in [0.3, 0.4) is 0 Å². The van der Waals surface area contributed by atoms with E-state index in [0.29, 0.717) is 18.7 Å². The Morgan fingerprint density at radius 2 is 2.50 bits per heavy atom. The van der Waals surface area contributed by atoms with Gasteiger partial charge in [0.15, 0.2) is 0 Å². The molecule has 1 aromatic rings. The Hall–Kier alpha value is -1.43. The van der Waals surface area contributed by atoms with Crippen LogP contribution in [0.1, 0.15) is 12.1 Å². The smallest absolute Gasteiger partial charge is 0.309 e. The highest BCUT2D eigenvalue weighted by atomic mass is 16.6. The minimum atomic E-state index is -0.449. The van der Waals surface area contributed by atoms with Crippen LogP contribution in [0, 0.1) is 10.1 Å². The number of nitrogens with one attached hydrogen (secondary N) is 1. The molecule has 0 atom stereocenters. The second-order valence-corrected chi connectivity index (χ2v) is 2.38. The van der Waals surface area contributed by atoms with Gasteiger partial charge in [0.2, 0.25) is 0 Å². The zero-order valence-corrected chi connectivity index (χ0v) is 6.49. The van der Waals surface area contributed by atoms with Gasteiger partial charge >= 0.3 is 5.69 Å². The Morgan fingerprint density at radius 1 is 1.75 bits per heavy atom. The second kappa shape index (κ2) is 3.82. The summed E-state index contributed by atoms with van der Waals surface area (Å²) in [6, 6.07) is 0. The summed E-state index contributed by atoms with van der Waals surface area (Å²) in [6.07, 6.45) is 2.52. The molecule has 0 aliphatic heterocycles. The summed E-state index contributed by atoms with van der Waals surface area (Å²) in [4.78, 5) is 9.91. The lowest BCUT2D eigenvalue weighted by molar-refractivity contribution is -0.385. The largest absolute Gasteiger partial charge is 0.330 e. The van der Waals surface area contributed by atoms with Crippen LogP contribution in [0.25, 0.3) is 0 Å². The number of nitro groups is 1. The van der Waals surface area contributed by atoms with Crippen LogP contribution in [0.2, 0.25) is 0 Å². The minimum absolute atomic E-state index is 0.0449. The third kappa shape index (κ3) is 1.79. The fourth-order valence-electron chi connectivity index (χ4n) is 0.927. The van der Waals surface area contributed by atoms with Crippen molar-refractivity contribution in [2.75, 3.05) is 6.54 Å². The highest BCUT2D eigenvalue weighted by molar-refractivity contribution is 5.31. The van der Waals surface area contributed by atoms with E-state index in [2.05, 4.69) is 10.2 Å². The molecule has 0 radical (unpaired) electrons. The molecule has 12 heavy (non-hydrogen) atoms. The normalized spacial score (nSPS) is 10.1. The molecule has 1 heterocycles. The fraction of sp³-hybridized carbons (Fsp3) is 0.500. The van der Waals surface area contributed by atoms with E-state index in [4.69, 9.17) is 5.73 Å². The number of rotatable bonds is 4. The number of aromatic nitrogens is 2. The van der Waals surface area contributed by atoms with Gasteiger partial charge in [-0.05, 0) is 19.4 Å². The molecule has 0 aliphatic carbocycles. The van der Waals surface area contributed by atoms with Gasteiger partial charge in [-0.2, -0.15) is 5.10 Å². The van der Waals surface area contributed by atoms with E-state index in [1.54, 1.807) is 0 Å². The highest BCUT2D eigenvalue weighted by Gasteiger charge is 2.14. The van der Waals surface area contributed by atoms with Gasteiger partial charge in [-0.15, -0.1) is 0 Å². The third-order valence-corrected chi connectivity index (χ3v) is 1.52. The molecule has 1 aromatic heterocycles. The number of aromatic amines is 1. The van der Waals surface area contributed by atoms with Crippen molar-refractivity contribution in [3.05, 3.63) is 22.0 Å². The molecule has 0 bridgehead atoms. The summed E-state index contributed by atoms with van der Waals surface area (Å²) < 4.78 is 0. The van der Waals surface area contributed by atoms with Crippen LogP contribution in [-0.2, 0) is 6.42 Å². The van der Waals surface area contributed by atoms with Gasteiger partial charge in [0.1, 0.15) is 11.9 Å². The second-order valence-electron chi connectivity index (χ2n) is 2.38. The van der Waals surface area contributed by atoms with Gasteiger partial charge in [-0.1, -0.05) is 0 Å². The van der Waals surface area contributed by atoms with E-state index < -0.39 is 4.92 Å². The third-order valence-electron chi connectivity index (χ3n) is 1.52. The summed E-state index contributed by atoms with van der Waals surface area (Å²) in [5, 5.41) is 16.5. The van der Waals surface area contributed by atoms with Crippen molar-refractivity contribution in [1.82, 2.24) is 10.2 Å². The molecular weight excluding hydrogens is 160 g/mol. The maximum Gasteiger partial charge on any atom is 0.309 e. The molecule has 0 spiro atoms. The number of aryl methyl sites for hydroxylation is 1. The molecule has 0 saturated carbocycles. The lowest BCUT2D eigenvalue weighted by atomic mass is 10.2. The molecule has 1 rings (SSSR count). The Kier molecular flexibility index (Phi) is 2.76. The van der Waals surface area contributed by atoms with Crippen molar-refractivity contribution in [3.63, 3.8) is 0 Å². The Bertz CT molecular complexity index is 270. The van der Waals surface area contributed by atoms with Crippen LogP contribution >= 0.6 is 0 Å². The van der Waals surface area contributed by atoms with Crippen LogP contribution in [0.4, 0.5) is 5.69 Å². The summed E-state index contributed by atoms with van der Waals surface area (Å²) in [5.41, 5.74) is 5.86. The summed E-state index contributed by atoms with van der Waals surface area (Å²) in [5.74, 6) is 0. The Balaban J connectivity index is 2.70. The average molecular weight is 170 g/mol. The zero-order valence-electron chi connectivity index (χ0n) is 6.49. The van der Waals surface area contributed by atoms with E-state index in [9.17, 15) is 10.1 Å². The van der Waals surface area contributed by atoms with Crippen molar-refractivity contribution in [2.45, 2.75) is 12.8 Å². The van der Waals surface area contributed by atoms with E-state index in [-0.39, 0.29) is 5.69 Å². The van der Waals surface area contributed by atoms with E-state index in [0.717, 1.165) is 6.42 Å². The van der Waals surface area contributed by atoms with Crippen molar-refractivity contribution >= 4 is 5.69 Å². The Morgan fingerprint density at radius 3 is 3.08 bits per heavy atom. The number of hydrogen-bond donors (Lipinski definition) is 2. The number of nitrogens with two attached hydrogens (primary N) is 1.